The van der Waals surface area contributed by atoms with E-state index in [9.17, 15) is 9.59 Å². The molecule has 1 aromatic rings. The predicted octanol–water partition coefficient (Wildman–Crippen LogP) is 1.51. The van der Waals surface area contributed by atoms with Gasteiger partial charge in [-0.15, -0.1) is 0 Å². The zero-order valence-corrected chi connectivity index (χ0v) is 13.0. The van der Waals surface area contributed by atoms with Gasteiger partial charge in [0.15, 0.2) is 0 Å². The van der Waals surface area contributed by atoms with Crippen LogP contribution in [0.25, 0.3) is 0 Å². The molecule has 3 N–H and O–H groups in total. The largest absolute Gasteiger partial charge is 0.480 e. The molecule has 1 rings (SSSR count). The van der Waals surface area contributed by atoms with Crippen LogP contribution in [0.5, 0.6) is 0 Å². The summed E-state index contributed by atoms with van der Waals surface area (Å²) in [6, 6.07) is 0.541. The normalized spacial score (nSPS) is 12.2. The lowest BCUT2D eigenvalue weighted by molar-refractivity contribution is -0.139. The number of aromatic nitrogens is 2. The highest BCUT2D eigenvalue weighted by Gasteiger charge is 2.21. The Bertz CT molecular complexity index is 496. The maximum absolute atomic E-state index is 11.8. The van der Waals surface area contributed by atoms with Crippen LogP contribution in [0.3, 0.4) is 0 Å². The number of carboxylic acids is 1. The van der Waals surface area contributed by atoms with Gasteiger partial charge < -0.3 is 15.7 Å². The molecule has 1 heterocycles. The second kappa shape index (κ2) is 7.66. The molecule has 21 heavy (non-hydrogen) atoms. The van der Waals surface area contributed by atoms with Crippen molar-refractivity contribution in [3.05, 3.63) is 17.5 Å². The molecule has 0 saturated carbocycles. The summed E-state index contributed by atoms with van der Waals surface area (Å²) in [4.78, 5) is 22.9. The van der Waals surface area contributed by atoms with Gasteiger partial charge in [-0.1, -0.05) is 13.8 Å². The first-order valence-corrected chi connectivity index (χ1v) is 7.14. The van der Waals surface area contributed by atoms with E-state index in [2.05, 4.69) is 15.7 Å². The molecule has 2 amide bonds. The Morgan fingerprint density at radius 3 is 2.62 bits per heavy atom. The van der Waals surface area contributed by atoms with Gasteiger partial charge in [-0.3, -0.25) is 4.68 Å². The maximum Gasteiger partial charge on any atom is 0.326 e. The van der Waals surface area contributed by atoms with E-state index in [1.807, 2.05) is 33.8 Å². The lowest BCUT2D eigenvalue weighted by atomic mass is 10.0. The third-order valence-corrected chi connectivity index (χ3v) is 3.03. The molecule has 0 spiro atoms. The van der Waals surface area contributed by atoms with E-state index >= 15 is 0 Å². The highest BCUT2D eigenvalue weighted by molar-refractivity contribution is 5.82. The van der Waals surface area contributed by atoms with Gasteiger partial charge in [-0.25, -0.2) is 9.59 Å². The van der Waals surface area contributed by atoms with Crippen molar-refractivity contribution in [2.24, 2.45) is 5.92 Å². The quantitative estimate of drug-likeness (QED) is 0.710. The van der Waals surface area contributed by atoms with Gasteiger partial charge in [0.2, 0.25) is 0 Å². The van der Waals surface area contributed by atoms with E-state index in [1.54, 1.807) is 4.68 Å². The number of rotatable bonds is 7. The predicted molar refractivity (Wildman–Crippen MR) is 78.9 cm³/mol. The number of urea groups is 1. The molecule has 0 radical (unpaired) electrons. The Labute approximate surface area is 124 Å². The Morgan fingerprint density at radius 2 is 2.10 bits per heavy atom. The first kappa shape index (κ1) is 17.0. The smallest absolute Gasteiger partial charge is 0.326 e. The summed E-state index contributed by atoms with van der Waals surface area (Å²) in [6.07, 6.45) is 0.398. The first-order chi connectivity index (χ1) is 9.83. The van der Waals surface area contributed by atoms with E-state index in [0.29, 0.717) is 13.0 Å². The summed E-state index contributed by atoms with van der Waals surface area (Å²) in [5, 5.41) is 18.5. The molecule has 1 aromatic heterocycles. The lowest BCUT2D eigenvalue weighted by Crippen LogP contribution is -2.46. The van der Waals surface area contributed by atoms with Crippen LogP contribution in [0.15, 0.2) is 6.07 Å². The molecule has 0 aliphatic carbocycles. The van der Waals surface area contributed by atoms with E-state index in [-0.39, 0.29) is 5.92 Å². The fourth-order valence-electron chi connectivity index (χ4n) is 2.09. The topological polar surface area (TPSA) is 96.3 Å². The second-order valence-electron chi connectivity index (χ2n) is 5.44. The third kappa shape index (κ3) is 5.45. The molecule has 0 aliphatic rings. The minimum Gasteiger partial charge on any atom is -0.480 e. The molecular formula is C14H24N4O3. The van der Waals surface area contributed by atoms with Crippen LogP contribution in [0.2, 0.25) is 0 Å². The van der Waals surface area contributed by atoms with Crippen molar-refractivity contribution < 1.29 is 14.7 Å². The van der Waals surface area contributed by atoms with Crippen LogP contribution in [0.1, 0.15) is 38.6 Å². The summed E-state index contributed by atoms with van der Waals surface area (Å²) in [6.45, 7) is 8.72. The molecular weight excluding hydrogens is 272 g/mol. The number of carbonyl (C=O) groups is 2. The number of hydrogen-bond donors (Lipinski definition) is 3. The maximum atomic E-state index is 11.8. The van der Waals surface area contributed by atoms with Crippen LogP contribution >= 0.6 is 0 Å². The molecule has 7 nitrogen and oxygen atoms in total. The van der Waals surface area contributed by atoms with Crippen molar-refractivity contribution in [2.75, 3.05) is 0 Å². The number of nitrogens with one attached hydrogen (secondary N) is 2. The van der Waals surface area contributed by atoms with Crippen LogP contribution in [-0.2, 0) is 17.9 Å². The molecule has 0 fully saturated rings. The Morgan fingerprint density at radius 1 is 1.43 bits per heavy atom. The van der Waals surface area contributed by atoms with E-state index < -0.39 is 18.0 Å². The zero-order chi connectivity index (χ0) is 16.0. The average Bonchev–Trinajstić information content (AvgIpc) is 2.75. The number of nitrogens with zero attached hydrogens (tertiary/aromatic N) is 2. The van der Waals surface area contributed by atoms with Crippen LogP contribution in [-0.4, -0.2) is 32.9 Å². The Balaban J connectivity index is 2.54. The highest BCUT2D eigenvalue weighted by Crippen LogP contribution is 2.05. The van der Waals surface area contributed by atoms with Gasteiger partial charge >= 0.3 is 12.0 Å². The van der Waals surface area contributed by atoms with E-state index in [4.69, 9.17) is 5.11 Å². The van der Waals surface area contributed by atoms with Crippen molar-refractivity contribution in [1.82, 2.24) is 20.4 Å². The lowest BCUT2D eigenvalue weighted by Gasteiger charge is -2.17. The van der Waals surface area contributed by atoms with Gasteiger partial charge in [0.25, 0.3) is 0 Å². The molecule has 1 unspecified atom stereocenters. The molecule has 0 bridgehead atoms. The van der Waals surface area contributed by atoms with E-state index in [1.165, 1.54) is 0 Å². The van der Waals surface area contributed by atoms with Crippen LogP contribution in [0.4, 0.5) is 4.79 Å². The zero-order valence-electron chi connectivity index (χ0n) is 13.0. The van der Waals surface area contributed by atoms with Crippen molar-refractivity contribution in [3.63, 3.8) is 0 Å². The number of aliphatic carboxylic acids is 1. The van der Waals surface area contributed by atoms with Crippen LogP contribution < -0.4 is 10.6 Å². The van der Waals surface area contributed by atoms with Gasteiger partial charge in [-0.05, 0) is 32.3 Å². The number of hydrogen-bond acceptors (Lipinski definition) is 3. The average molecular weight is 296 g/mol. The fourth-order valence-corrected chi connectivity index (χ4v) is 2.09. The SMILES string of the molecule is CCn1nc(C)cc1CNC(=O)NC(CC(C)C)C(=O)O. The molecule has 118 valence electrons. The summed E-state index contributed by atoms with van der Waals surface area (Å²) >= 11 is 0. The van der Waals surface area contributed by atoms with Crippen molar-refractivity contribution >= 4 is 12.0 Å². The Hall–Kier alpha value is -2.05. The van der Waals surface area contributed by atoms with Crippen LogP contribution in [0, 0.1) is 12.8 Å². The number of amides is 2. The standard InChI is InChI=1S/C14H24N4O3/c1-5-18-11(7-10(4)17-18)8-15-14(21)16-12(13(19)20)6-9(2)3/h7,9,12H,5-6,8H2,1-4H3,(H,19,20)(H2,15,16,21). The number of carboxylic acid groups (broad SMARTS) is 1. The van der Waals surface area contributed by atoms with Gasteiger partial charge in [0.1, 0.15) is 6.04 Å². The Kier molecular flexibility index (Phi) is 6.20. The molecule has 0 saturated heterocycles. The molecule has 0 aromatic carbocycles. The monoisotopic (exact) mass is 296 g/mol. The van der Waals surface area contributed by atoms with Crippen molar-refractivity contribution in [2.45, 2.75) is 53.2 Å². The van der Waals surface area contributed by atoms with E-state index in [0.717, 1.165) is 17.9 Å². The summed E-state index contributed by atoms with van der Waals surface area (Å²) in [7, 11) is 0. The second-order valence-corrected chi connectivity index (χ2v) is 5.44. The van der Waals surface area contributed by atoms with Crippen molar-refractivity contribution in [1.29, 1.82) is 0 Å². The van der Waals surface area contributed by atoms with Gasteiger partial charge in [0, 0.05) is 6.54 Å². The van der Waals surface area contributed by atoms with Crippen molar-refractivity contribution in [3.8, 4) is 0 Å². The van der Waals surface area contributed by atoms with Gasteiger partial charge in [-0.2, -0.15) is 5.10 Å². The first-order valence-electron chi connectivity index (χ1n) is 7.14. The number of aryl methyl sites for hydroxylation is 2. The molecule has 0 aliphatic heterocycles. The van der Waals surface area contributed by atoms with Gasteiger partial charge in [0.05, 0.1) is 17.9 Å². The highest BCUT2D eigenvalue weighted by atomic mass is 16.4. The summed E-state index contributed by atoms with van der Waals surface area (Å²) in [5.41, 5.74) is 1.78. The fraction of sp³-hybridized carbons (Fsp3) is 0.643. The minimum absolute atomic E-state index is 0.190. The third-order valence-electron chi connectivity index (χ3n) is 3.03. The number of carbonyl (C=O) groups excluding carboxylic acids is 1. The molecule has 7 heteroatoms. The summed E-state index contributed by atoms with van der Waals surface area (Å²) < 4.78 is 1.80. The molecule has 1 atom stereocenters. The minimum atomic E-state index is -1.02. The summed E-state index contributed by atoms with van der Waals surface area (Å²) in [5.74, 6) is -0.830.